The van der Waals surface area contributed by atoms with E-state index in [9.17, 15) is 9.59 Å². The lowest BCUT2D eigenvalue weighted by Crippen LogP contribution is -2.51. The van der Waals surface area contributed by atoms with Gasteiger partial charge in [-0.05, 0) is 36.4 Å². The van der Waals surface area contributed by atoms with Gasteiger partial charge >= 0.3 is 0 Å². The van der Waals surface area contributed by atoms with Crippen LogP contribution in [0.3, 0.4) is 0 Å². The lowest BCUT2D eigenvalue weighted by atomic mass is 9.71. The van der Waals surface area contributed by atoms with Crippen molar-refractivity contribution in [3.63, 3.8) is 0 Å². The highest BCUT2D eigenvalue weighted by molar-refractivity contribution is 6.06. The topological polar surface area (TPSA) is 68.3 Å². The van der Waals surface area contributed by atoms with Crippen LogP contribution in [0.5, 0.6) is 17.2 Å². The number of nitrogens with zero attached hydrogens (tertiary/aromatic N) is 2. The number of benzene rings is 2. The molecule has 0 radical (unpaired) electrons. The molecule has 0 aromatic heterocycles. The number of amides is 1. The molecule has 2 heterocycles. The van der Waals surface area contributed by atoms with Gasteiger partial charge in [0.05, 0.1) is 24.0 Å². The highest BCUT2D eigenvalue weighted by Gasteiger charge is 2.58. The summed E-state index contributed by atoms with van der Waals surface area (Å²) in [5.41, 5.74) is -0.322. The Morgan fingerprint density at radius 1 is 1.16 bits per heavy atom. The standard InChI is InChI=1S/C24H28N2O5/c1-25(2)23(28)20-14-26(12-13-30-18-10-8-17(29-3)9-11-18)15-24(20)16-31-21-7-5-4-6-19(21)22(24)27/h4-11,20H,12-16H2,1-3H3/t20-,24-/m1/s1. The lowest BCUT2D eigenvalue weighted by Gasteiger charge is -2.37. The van der Waals surface area contributed by atoms with Gasteiger partial charge in [-0.2, -0.15) is 0 Å². The Kier molecular flexibility index (Phi) is 5.87. The van der Waals surface area contributed by atoms with Crippen LogP contribution in [-0.4, -0.2) is 75.5 Å². The number of hydrogen-bond donors (Lipinski definition) is 0. The van der Waals surface area contributed by atoms with Crippen LogP contribution in [0.2, 0.25) is 0 Å². The van der Waals surface area contributed by atoms with Crippen LogP contribution in [0.15, 0.2) is 48.5 Å². The molecular formula is C24H28N2O5. The number of ketones is 1. The van der Waals surface area contributed by atoms with Crippen LogP contribution in [0.1, 0.15) is 10.4 Å². The van der Waals surface area contributed by atoms with Crippen molar-refractivity contribution in [1.29, 1.82) is 0 Å². The van der Waals surface area contributed by atoms with Gasteiger partial charge in [0.1, 0.15) is 30.5 Å². The molecule has 2 aromatic rings. The van der Waals surface area contributed by atoms with Gasteiger partial charge in [-0.1, -0.05) is 12.1 Å². The maximum absolute atomic E-state index is 13.6. The van der Waals surface area contributed by atoms with Crippen LogP contribution in [0.4, 0.5) is 0 Å². The van der Waals surface area contributed by atoms with Gasteiger partial charge in [0.25, 0.3) is 0 Å². The average molecular weight is 424 g/mol. The Labute approximate surface area is 182 Å². The number of methoxy groups -OCH3 is 1. The lowest BCUT2D eigenvalue weighted by molar-refractivity contribution is -0.135. The first-order valence-corrected chi connectivity index (χ1v) is 10.4. The molecule has 2 aliphatic heterocycles. The molecule has 31 heavy (non-hydrogen) atoms. The van der Waals surface area contributed by atoms with E-state index in [1.807, 2.05) is 36.4 Å². The van der Waals surface area contributed by atoms with Gasteiger partial charge in [0.15, 0.2) is 5.78 Å². The molecule has 0 saturated carbocycles. The highest BCUT2D eigenvalue weighted by Crippen LogP contribution is 2.45. The molecule has 1 fully saturated rings. The number of carbonyl (C=O) groups is 2. The van der Waals surface area contributed by atoms with Crippen molar-refractivity contribution in [2.24, 2.45) is 11.3 Å². The van der Waals surface area contributed by atoms with E-state index in [0.717, 1.165) is 11.5 Å². The van der Waals surface area contributed by atoms with Crippen LogP contribution in [-0.2, 0) is 4.79 Å². The first kappa shape index (κ1) is 21.2. The van der Waals surface area contributed by atoms with E-state index in [1.54, 1.807) is 38.2 Å². The summed E-state index contributed by atoms with van der Waals surface area (Å²) in [6.45, 7) is 2.25. The Balaban J connectivity index is 1.49. The van der Waals surface area contributed by atoms with Crippen molar-refractivity contribution in [2.75, 3.05) is 54.1 Å². The molecule has 2 atom stereocenters. The summed E-state index contributed by atoms with van der Waals surface area (Å²) >= 11 is 0. The van der Waals surface area contributed by atoms with E-state index in [-0.39, 0.29) is 18.3 Å². The minimum atomic E-state index is -0.879. The van der Waals surface area contributed by atoms with Crippen LogP contribution in [0, 0.1) is 11.3 Å². The van der Waals surface area contributed by atoms with Crippen molar-refractivity contribution in [2.45, 2.75) is 0 Å². The fourth-order valence-corrected chi connectivity index (χ4v) is 4.46. The summed E-state index contributed by atoms with van der Waals surface area (Å²) < 4.78 is 17.0. The van der Waals surface area contributed by atoms with Crippen molar-refractivity contribution in [1.82, 2.24) is 9.80 Å². The number of hydrogen-bond acceptors (Lipinski definition) is 6. The zero-order chi connectivity index (χ0) is 22.0. The Bertz CT molecular complexity index is 959. The largest absolute Gasteiger partial charge is 0.497 e. The number of fused-ring (bicyclic) bond motifs is 1. The first-order chi connectivity index (χ1) is 14.9. The van der Waals surface area contributed by atoms with E-state index >= 15 is 0 Å². The predicted octanol–water partition coefficient (Wildman–Crippen LogP) is 2.36. The van der Waals surface area contributed by atoms with Gasteiger partial charge in [-0.25, -0.2) is 0 Å². The summed E-state index contributed by atoms with van der Waals surface area (Å²) in [7, 11) is 5.08. The number of ether oxygens (including phenoxy) is 3. The summed E-state index contributed by atoms with van der Waals surface area (Å²) in [4.78, 5) is 30.3. The molecule has 1 amide bonds. The molecule has 2 aromatic carbocycles. The van der Waals surface area contributed by atoms with E-state index in [0.29, 0.717) is 37.6 Å². The molecule has 7 nitrogen and oxygen atoms in total. The third kappa shape index (κ3) is 3.97. The van der Waals surface area contributed by atoms with Crippen molar-refractivity contribution in [3.8, 4) is 17.2 Å². The molecule has 0 aliphatic carbocycles. The first-order valence-electron chi connectivity index (χ1n) is 10.4. The molecule has 0 bridgehead atoms. The average Bonchev–Trinajstić information content (AvgIpc) is 3.15. The molecule has 2 aliphatic rings. The van der Waals surface area contributed by atoms with E-state index in [2.05, 4.69) is 4.90 Å². The zero-order valence-electron chi connectivity index (χ0n) is 18.2. The van der Waals surface area contributed by atoms with Gasteiger partial charge in [-0.3, -0.25) is 14.5 Å². The van der Waals surface area contributed by atoms with Crippen molar-refractivity contribution < 1.29 is 23.8 Å². The second-order valence-electron chi connectivity index (χ2n) is 8.31. The molecular weight excluding hydrogens is 396 g/mol. The summed E-state index contributed by atoms with van der Waals surface area (Å²) in [6.07, 6.45) is 0. The number of para-hydroxylation sites is 1. The predicted molar refractivity (Wildman–Crippen MR) is 116 cm³/mol. The monoisotopic (exact) mass is 424 g/mol. The Morgan fingerprint density at radius 3 is 2.58 bits per heavy atom. The van der Waals surface area contributed by atoms with Crippen LogP contribution >= 0.6 is 0 Å². The fraction of sp³-hybridized carbons (Fsp3) is 0.417. The van der Waals surface area contributed by atoms with Gasteiger partial charge < -0.3 is 19.1 Å². The van der Waals surface area contributed by atoms with E-state index in [1.165, 1.54) is 0 Å². The normalized spacial score (nSPS) is 22.7. The molecule has 0 N–H and O–H groups in total. The van der Waals surface area contributed by atoms with Gasteiger partial charge in [0.2, 0.25) is 5.91 Å². The van der Waals surface area contributed by atoms with Crippen molar-refractivity contribution in [3.05, 3.63) is 54.1 Å². The number of Topliss-reactive ketones (excluding diaryl/α,β-unsaturated/α-hetero) is 1. The molecule has 4 rings (SSSR count). The minimum absolute atomic E-state index is 0.00637. The maximum atomic E-state index is 13.6. The number of rotatable bonds is 6. The number of likely N-dealkylation sites (tertiary alicyclic amines) is 1. The molecule has 1 spiro atoms. The van der Waals surface area contributed by atoms with Crippen molar-refractivity contribution >= 4 is 11.7 Å². The van der Waals surface area contributed by atoms with Gasteiger partial charge in [0, 0.05) is 33.7 Å². The number of carbonyl (C=O) groups excluding carboxylic acids is 2. The molecule has 0 unspecified atom stereocenters. The second kappa shape index (κ2) is 8.59. The third-order valence-corrected chi connectivity index (χ3v) is 6.16. The second-order valence-corrected chi connectivity index (χ2v) is 8.31. The van der Waals surface area contributed by atoms with Crippen LogP contribution in [0.25, 0.3) is 0 Å². The third-order valence-electron chi connectivity index (χ3n) is 6.16. The quantitative estimate of drug-likeness (QED) is 0.709. The summed E-state index contributed by atoms with van der Waals surface area (Å²) in [5, 5.41) is 0. The Hall–Kier alpha value is -3.06. The van der Waals surface area contributed by atoms with E-state index in [4.69, 9.17) is 14.2 Å². The summed E-state index contributed by atoms with van der Waals surface area (Å²) in [6, 6.07) is 14.7. The zero-order valence-corrected chi connectivity index (χ0v) is 18.2. The maximum Gasteiger partial charge on any atom is 0.227 e. The van der Waals surface area contributed by atoms with E-state index < -0.39 is 11.3 Å². The summed E-state index contributed by atoms with van der Waals surface area (Å²) in [5.74, 6) is 1.61. The van der Waals surface area contributed by atoms with Gasteiger partial charge in [-0.15, -0.1) is 0 Å². The molecule has 7 heteroatoms. The SMILES string of the molecule is COc1ccc(OCCN2C[C@H](C(=O)N(C)C)[C@]3(COc4ccccc4C3=O)C2)cc1. The Morgan fingerprint density at radius 2 is 1.87 bits per heavy atom. The molecule has 1 saturated heterocycles. The highest BCUT2D eigenvalue weighted by atomic mass is 16.5. The van der Waals surface area contributed by atoms with Crippen LogP contribution < -0.4 is 14.2 Å². The molecule has 164 valence electrons. The minimum Gasteiger partial charge on any atom is -0.497 e. The smallest absolute Gasteiger partial charge is 0.227 e. The fourth-order valence-electron chi connectivity index (χ4n) is 4.46.